The number of benzene rings is 2. The van der Waals surface area contributed by atoms with Crippen molar-refractivity contribution in [1.82, 2.24) is 4.98 Å². The van der Waals surface area contributed by atoms with E-state index in [0.29, 0.717) is 22.5 Å². The summed E-state index contributed by atoms with van der Waals surface area (Å²) in [6, 6.07) is 22.4. The summed E-state index contributed by atoms with van der Waals surface area (Å²) in [5, 5.41) is 19.4. The number of rotatable bonds is 6. The molecule has 0 fully saturated rings. The standard InChI is InChI=1S/C21H17NO4/c23-20(24)18(14-8-3-1-4-9-14)16-12-7-13-17(22-16)19(21(25)26)15-10-5-2-6-11-15/h1-13,18-19H,(H,23,24)(H,25,26)/t18-,19-/m1/s1. The fourth-order valence-corrected chi connectivity index (χ4v) is 2.96. The first-order chi connectivity index (χ1) is 12.6. The lowest BCUT2D eigenvalue weighted by Gasteiger charge is -2.16. The molecule has 0 radical (unpaired) electrons. The molecule has 26 heavy (non-hydrogen) atoms. The fraction of sp³-hybridized carbons (Fsp3) is 0.0952. The molecule has 3 rings (SSSR count). The number of carboxylic acid groups (broad SMARTS) is 2. The van der Waals surface area contributed by atoms with Gasteiger partial charge in [-0.25, -0.2) is 0 Å². The van der Waals surface area contributed by atoms with Gasteiger partial charge in [0.15, 0.2) is 0 Å². The number of aromatic nitrogens is 1. The maximum absolute atomic E-state index is 11.8. The zero-order chi connectivity index (χ0) is 18.5. The smallest absolute Gasteiger partial charge is 0.317 e. The van der Waals surface area contributed by atoms with E-state index in [1.54, 1.807) is 66.7 Å². The SMILES string of the molecule is O=C(O)[C@H](c1ccccc1)c1cccc([C@H](C(=O)O)c2ccccc2)n1. The van der Waals surface area contributed by atoms with Crippen LogP contribution in [0.3, 0.4) is 0 Å². The van der Waals surface area contributed by atoms with Crippen LogP contribution in [0.15, 0.2) is 78.9 Å². The topological polar surface area (TPSA) is 87.5 Å². The average Bonchev–Trinajstić information content (AvgIpc) is 2.64. The number of pyridine rings is 1. The number of carboxylic acids is 2. The van der Waals surface area contributed by atoms with Crippen LogP contribution in [-0.2, 0) is 9.59 Å². The van der Waals surface area contributed by atoms with Crippen molar-refractivity contribution in [1.29, 1.82) is 0 Å². The van der Waals surface area contributed by atoms with Gasteiger partial charge in [-0.1, -0.05) is 66.7 Å². The van der Waals surface area contributed by atoms with Crippen molar-refractivity contribution >= 4 is 11.9 Å². The van der Waals surface area contributed by atoms with Crippen molar-refractivity contribution in [3.05, 3.63) is 101 Å². The zero-order valence-corrected chi connectivity index (χ0v) is 13.8. The van der Waals surface area contributed by atoms with E-state index >= 15 is 0 Å². The minimum absolute atomic E-state index is 0.309. The number of nitrogens with zero attached hydrogens (tertiary/aromatic N) is 1. The van der Waals surface area contributed by atoms with Gasteiger partial charge in [-0.2, -0.15) is 0 Å². The molecular formula is C21H17NO4. The van der Waals surface area contributed by atoms with E-state index in [1.165, 1.54) is 0 Å². The number of aliphatic carboxylic acids is 2. The summed E-state index contributed by atoms with van der Waals surface area (Å²) in [5.41, 5.74) is 1.80. The molecule has 5 nitrogen and oxygen atoms in total. The van der Waals surface area contributed by atoms with Gasteiger partial charge in [0.1, 0.15) is 11.8 Å². The van der Waals surface area contributed by atoms with Gasteiger partial charge >= 0.3 is 11.9 Å². The van der Waals surface area contributed by atoms with Crippen molar-refractivity contribution in [2.24, 2.45) is 0 Å². The predicted molar refractivity (Wildman–Crippen MR) is 96.1 cm³/mol. The highest BCUT2D eigenvalue weighted by atomic mass is 16.4. The summed E-state index contributed by atoms with van der Waals surface area (Å²) in [6.45, 7) is 0. The van der Waals surface area contributed by atoms with Crippen LogP contribution in [0.1, 0.15) is 34.4 Å². The zero-order valence-electron chi connectivity index (χ0n) is 13.8. The van der Waals surface area contributed by atoms with Crippen molar-refractivity contribution in [3.8, 4) is 0 Å². The van der Waals surface area contributed by atoms with Crippen LogP contribution in [0.2, 0.25) is 0 Å². The van der Waals surface area contributed by atoms with Crippen LogP contribution < -0.4 is 0 Å². The minimum Gasteiger partial charge on any atom is -0.480 e. The van der Waals surface area contributed by atoms with Crippen LogP contribution in [-0.4, -0.2) is 27.1 Å². The Balaban J connectivity index is 2.06. The first-order valence-electron chi connectivity index (χ1n) is 8.10. The average molecular weight is 347 g/mol. The van der Waals surface area contributed by atoms with Crippen molar-refractivity contribution in [3.63, 3.8) is 0 Å². The molecule has 0 unspecified atom stereocenters. The maximum Gasteiger partial charge on any atom is 0.317 e. The van der Waals surface area contributed by atoms with Crippen LogP contribution in [0.5, 0.6) is 0 Å². The Morgan fingerprint density at radius 1 is 0.615 bits per heavy atom. The van der Waals surface area contributed by atoms with Crippen LogP contribution in [0.4, 0.5) is 0 Å². The third-order valence-corrected chi connectivity index (χ3v) is 4.14. The summed E-state index contributed by atoms with van der Waals surface area (Å²) in [5.74, 6) is -3.98. The Morgan fingerprint density at radius 3 is 1.35 bits per heavy atom. The van der Waals surface area contributed by atoms with Crippen molar-refractivity contribution in [2.75, 3.05) is 0 Å². The number of hydrogen-bond donors (Lipinski definition) is 2. The summed E-state index contributed by atoms with van der Waals surface area (Å²) < 4.78 is 0. The van der Waals surface area contributed by atoms with Gasteiger partial charge in [-0.05, 0) is 23.3 Å². The van der Waals surface area contributed by atoms with E-state index in [-0.39, 0.29) is 0 Å². The van der Waals surface area contributed by atoms with Gasteiger partial charge < -0.3 is 10.2 Å². The third kappa shape index (κ3) is 3.62. The van der Waals surface area contributed by atoms with Gasteiger partial charge in [0.2, 0.25) is 0 Å². The Labute approximate surface area is 150 Å². The van der Waals surface area contributed by atoms with Gasteiger partial charge in [0, 0.05) is 0 Å². The summed E-state index contributed by atoms with van der Waals surface area (Å²) in [7, 11) is 0. The van der Waals surface area contributed by atoms with Gasteiger partial charge in [-0.3, -0.25) is 14.6 Å². The van der Waals surface area contributed by atoms with E-state index in [4.69, 9.17) is 0 Å². The van der Waals surface area contributed by atoms with E-state index in [2.05, 4.69) is 4.98 Å². The van der Waals surface area contributed by atoms with Crippen LogP contribution in [0, 0.1) is 0 Å². The minimum atomic E-state index is -1.03. The van der Waals surface area contributed by atoms with Crippen molar-refractivity contribution < 1.29 is 19.8 Å². The second-order valence-corrected chi connectivity index (χ2v) is 5.85. The van der Waals surface area contributed by atoms with E-state index in [1.807, 2.05) is 12.1 Å². The van der Waals surface area contributed by atoms with Crippen LogP contribution in [0.25, 0.3) is 0 Å². The van der Waals surface area contributed by atoms with E-state index < -0.39 is 23.8 Å². The largest absolute Gasteiger partial charge is 0.480 e. The first-order valence-corrected chi connectivity index (χ1v) is 8.10. The predicted octanol–water partition coefficient (Wildman–Crippen LogP) is 3.51. The molecule has 0 bridgehead atoms. The molecule has 2 atom stereocenters. The molecule has 0 amide bonds. The summed E-state index contributed by atoms with van der Waals surface area (Å²) >= 11 is 0. The molecule has 2 aromatic carbocycles. The quantitative estimate of drug-likeness (QED) is 0.712. The summed E-state index contributed by atoms with van der Waals surface area (Å²) in [6.07, 6.45) is 0. The molecule has 3 aromatic rings. The molecule has 1 heterocycles. The van der Waals surface area contributed by atoms with E-state index in [0.717, 1.165) is 0 Å². The molecular weight excluding hydrogens is 330 g/mol. The highest BCUT2D eigenvalue weighted by Gasteiger charge is 2.27. The second-order valence-electron chi connectivity index (χ2n) is 5.85. The fourth-order valence-electron chi connectivity index (χ4n) is 2.96. The van der Waals surface area contributed by atoms with Gasteiger partial charge in [0.05, 0.1) is 11.4 Å². The molecule has 5 heteroatoms. The molecule has 0 saturated heterocycles. The van der Waals surface area contributed by atoms with Gasteiger partial charge in [-0.15, -0.1) is 0 Å². The number of carbonyl (C=O) groups is 2. The lowest BCUT2D eigenvalue weighted by atomic mass is 9.92. The Kier molecular flexibility index (Phi) is 5.08. The molecule has 0 aliphatic heterocycles. The Morgan fingerprint density at radius 2 is 1.00 bits per heavy atom. The molecule has 130 valence electrons. The molecule has 1 aromatic heterocycles. The van der Waals surface area contributed by atoms with Crippen LogP contribution >= 0.6 is 0 Å². The second kappa shape index (κ2) is 7.61. The highest BCUT2D eigenvalue weighted by Crippen LogP contribution is 2.28. The van der Waals surface area contributed by atoms with E-state index in [9.17, 15) is 19.8 Å². The molecule has 0 aliphatic rings. The van der Waals surface area contributed by atoms with Gasteiger partial charge in [0.25, 0.3) is 0 Å². The normalized spacial score (nSPS) is 12.9. The molecule has 0 saturated carbocycles. The molecule has 0 aliphatic carbocycles. The first kappa shape index (κ1) is 17.4. The third-order valence-electron chi connectivity index (χ3n) is 4.14. The Bertz CT molecular complexity index is 837. The summed E-state index contributed by atoms with van der Waals surface area (Å²) in [4.78, 5) is 28.1. The van der Waals surface area contributed by atoms with Crippen molar-refractivity contribution in [2.45, 2.75) is 11.8 Å². The molecule has 2 N–H and O–H groups in total. The lowest BCUT2D eigenvalue weighted by Crippen LogP contribution is -2.18. The lowest BCUT2D eigenvalue weighted by molar-refractivity contribution is -0.138. The maximum atomic E-state index is 11.8. The highest BCUT2D eigenvalue weighted by molar-refractivity contribution is 5.81. The Hall–Kier alpha value is -3.47. The monoisotopic (exact) mass is 347 g/mol. The number of hydrogen-bond acceptors (Lipinski definition) is 3. The molecule has 0 spiro atoms.